The van der Waals surface area contributed by atoms with E-state index in [4.69, 9.17) is 4.74 Å². The SMILES string of the molecule is O=C(c1ccc2c(c1)CCO2)C1Cc2ccccc2C1. The van der Waals surface area contributed by atoms with Gasteiger partial charge in [-0.2, -0.15) is 0 Å². The molecule has 2 heteroatoms. The second-order valence-corrected chi connectivity index (χ2v) is 5.66. The Balaban J connectivity index is 1.60. The fraction of sp³-hybridized carbons (Fsp3) is 0.278. The van der Waals surface area contributed by atoms with E-state index < -0.39 is 0 Å². The molecule has 0 bridgehead atoms. The van der Waals surface area contributed by atoms with E-state index in [0.717, 1.165) is 37.2 Å². The lowest BCUT2D eigenvalue weighted by atomic mass is 9.93. The highest BCUT2D eigenvalue weighted by atomic mass is 16.5. The number of hydrogen-bond acceptors (Lipinski definition) is 2. The van der Waals surface area contributed by atoms with E-state index in [1.807, 2.05) is 18.2 Å². The summed E-state index contributed by atoms with van der Waals surface area (Å²) in [5, 5.41) is 0. The van der Waals surface area contributed by atoms with Crippen LogP contribution < -0.4 is 4.74 Å². The molecule has 2 aromatic carbocycles. The zero-order valence-electron chi connectivity index (χ0n) is 11.3. The van der Waals surface area contributed by atoms with Gasteiger partial charge >= 0.3 is 0 Å². The van der Waals surface area contributed by atoms with Crippen LogP contribution >= 0.6 is 0 Å². The summed E-state index contributed by atoms with van der Waals surface area (Å²) in [6.45, 7) is 0.738. The average molecular weight is 264 g/mol. The van der Waals surface area contributed by atoms with Crippen LogP contribution in [0.2, 0.25) is 0 Å². The standard InChI is InChI=1S/C18H16O2/c19-18(15-5-6-17-14(11-15)7-8-20-17)16-9-12-3-1-2-4-13(12)10-16/h1-6,11,16H,7-10H2. The van der Waals surface area contributed by atoms with Gasteiger partial charge in [0.05, 0.1) is 6.61 Å². The molecule has 0 spiro atoms. The number of rotatable bonds is 2. The van der Waals surface area contributed by atoms with Crippen molar-refractivity contribution >= 4 is 5.78 Å². The third-order valence-electron chi connectivity index (χ3n) is 4.40. The van der Waals surface area contributed by atoms with Crippen LogP contribution in [0.25, 0.3) is 0 Å². The minimum Gasteiger partial charge on any atom is -0.493 e. The first kappa shape index (κ1) is 11.7. The van der Waals surface area contributed by atoms with Crippen LogP contribution in [0, 0.1) is 5.92 Å². The Morgan fingerprint density at radius 2 is 1.75 bits per heavy atom. The fourth-order valence-corrected chi connectivity index (χ4v) is 3.32. The maximum Gasteiger partial charge on any atom is 0.166 e. The lowest BCUT2D eigenvalue weighted by Gasteiger charge is -2.09. The van der Waals surface area contributed by atoms with Gasteiger partial charge in [-0.25, -0.2) is 0 Å². The summed E-state index contributed by atoms with van der Waals surface area (Å²) < 4.78 is 5.50. The molecule has 0 saturated heterocycles. The Hall–Kier alpha value is -2.09. The quantitative estimate of drug-likeness (QED) is 0.778. The second kappa shape index (κ2) is 4.48. The maximum atomic E-state index is 12.7. The normalized spacial score (nSPS) is 16.6. The molecule has 100 valence electrons. The topological polar surface area (TPSA) is 26.3 Å². The molecule has 2 aliphatic rings. The van der Waals surface area contributed by atoms with Gasteiger partial charge in [-0.15, -0.1) is 0 Å². The molecule has 2 aromatic rings. The number of benzene rings is 2. The Morgan fingerprint density at radius 3 is 2.50 bits per heavy atom. The number of ether oxygens (including phenoxy) is 1. The number of fused-ring (bicyclic) bond motifs is 2. The predicted molar refractivity (Wildman–Crippen MR) is 77.3 cm³/mol. The predicted octanol–water partition coefficient (Wildman–Crippen LogP) is 3.22. The van der Waals surface area contributed by atoms with Crippen molar-refractivity contribution < 1.29 is 9.53 Å². The van der Waals surface area contributed by atoms with Crippen molar-refractivity contribution in [1.82, 2.24) is 0 Å². The minimum atomic E-state index is 0.104. The van der Waals surface area contributed by atoms with Crippen molar-refractivity contribution in [3.8, 4) is 5.75 Å². The molecule has 1 heterocycles. The van der Waals surface area contributed by atoms with Gasteiger partial charge in [0, 0.05) is 17.9 Å². The molecule has 0 fully saturated rings. The third-order valence-corrected chi connectivity index (χ3v) is 4.40. The highest BCUT2D eigenvalue weighted by molar-refractivity contribution is 5.99. The molecule has 0 saturated carbocycles. The van der Waals surface area contributed by atoms with E-state index in [9.17, 15) is 4.79 Å². The second-order valence-electron chi connectivity index (χ2n) is 5.66. The van der Waals surface area contributed by atoms with Crippen LogP contribution in [-0.2, 0) is 19.3 Å². The summed E-state index contributed by atoms with van der Waals surface area (Å²) >= 11 is 0. The van der Waals surface area contributed by atoms with E-state index >= 15 is 0 Å². The number of ketones is 1. The smallest absolute Gasteiger partial charge is 0.166 e. The largest absolute Gasteiger partial charge is 0.493 e. The fourth-order valence-electron chi connectivity index (χ4n) is 3.32. The molecule has 1 aliphatic carbocycles. The molecule has 0 atom stereocenters. The Morgan fingerprint density at radius 1 is 1.00 bits per heavy atom. The van der Waals surface area contributed by atoms with Crippen molar-refractivity contribution in [3.63, 3.8) is 0 Å². The minimum absolute atomic E-state index is 0.104. The van der Waals surface area contributed by atoms with Gasteiger partial charge in [0.25, 0.3) is 0 Å². The van der Waals surface area contributed by atoms with Gasteiger partial charge in [0.15, 0.2) is 5.78 Å². The van der Waals surface area contributed by atoms with E-state index in [2.05, 4.69) is 24.3 Å². The average Bonchev–Trinajstić information content (AvgIpc) is 3.11. The molecule has 0 unspecified atom stereocenters. The van der Waals surface area contributed by atoms with Gasteiger partial charge in [-0.05, 0) is 47.7 Å². The van der Waals surface area contributed by atoms with Crippen molar-refractivity contribution in [2.24, 2.45) is 5.92 Å². The van der Waals surface area contributed by atoms with E-state index in [0.29, 0.717) is 0 Å². The van der Waals surface area contributed by atoms with Gasteiger partial charge in [0.1, 0.15) is 5.75 Å². The van der Waals surface area contributed by atoms with Gasteiger partial charge in [0.2, 0.25) is 0 Å². The summed E-state index contributed by atoms with van der Waals surface area (Å²) in [6, 6.07) is 14.3. The zero-order valence-corrected chi connectivity index (χ0v) is 11.3. The van der Waals surface area contributed by atoms with Crippen molar-refractivity contribution in [3.05, 3.63) is 64.7 Å². The molecule has 0 radical (unpaired) electrons. The van der Waals surface area contributed by atoms with Crippen molar-refractivity contribution in [2.45, 2.75) is 19.3 Å². The Labute approximate surface area is 118 Å². The number of carbonyl (C=O) groups is 1. The molecule has 4 rings (SSSR count). The van der Waals surface area contributed by atoms with Crippen LogP contribution in [0.4, 0.5) is 0 Å². The summed E-state index contributed by atoms with van der Waals surface area (Å²) in [4.78, 5) is 12.7. The first-order valence-corrected chi connectivity index (χ1v) is 7.18. The first-order valence-electron chi connectivity index (χ1n) is 7.18. The lowest BCUT2D eigenvalue weighted by molar-refractivity contribution is 0.0924. The lowest BCUT2D eigenvalue weighted by Crippen LogP contribution is -2.15. The Kier molecular flexibility index (Phi) is 2.62. The van der Waals surface area contributed by atoms with Crippen molar-refractivity contribution in [1.29, 1.82) is 0 Å². The molecule has 1 aliphatic heterocycles. The summed E-state index contributed by atoms with van der Waals surface area (Å²) in [5.74, 6) is 1.32. The molecule has 0 aromatic heterocycles. The highest BCUT2D eigenvalue weighted by Crippen LogP contribution is 2.31. The third kappa shape index (κ3) is 1.83. The van der Waals surface area contributed by atoms with E-state index in [1.54, 1.807) is 0 Å². The maximum absolute atomic E-state index is 12.7. The van der Waals surface area contributed by atoms with Crippen LogP contribution in [0.15, 0.2) is 42.5 Å². The zero-order chi connectivity index (χ0) is 13.5. The number of Topliss-reactive ketones (excluding diaryl/α,β-unsaturated/α-hetero) is 1. The van der Waals surface area contributed by atoms with Gasteiger partial charge < -0.3 is 4.74 Å². The van der Waals surface area contributed by atoms with E-state index in [1.165, 1.54) is 16.7 Å². The molecule has 20 heavy (non-hydrogen) atoms. The highest BCUT2D eigenvalue weighted by Gasteiger charge is 2.28. The number of carbonyl (C=O) groups excluding carboxylic acids is 1. The van der Waals surface area contributed by atoms with Crippen molar-refractivity contribution in [2.75, 3.05) is 6.61 Å². The van der Waals surface area contributed by atoms with Gasteiger partial charge in [-0.3, -0.25) is 4.79 Å². The van der Waals surface area contributed by atoms with Crippen LogP contribution in [0.3, 0.4) is 0 Å². The van der Waals surface area contributed by atoms with Gasteiger partial charge in [-0.1, -0.05) is 24.3 Å². The van der Waals surface area contributed by atoms with Crippen LogP contribution in [0.1, 0.15) is 27.0 Å². The molecule has 0 N–H and O–H groups in total. The molecule has 2 nitrogen and oxygen atoms in total. The molecule has 0 amide bonds. The Bertz CT molecular complexity index is 663. The summed E-state index contributed by atoms with van der Waals surface area (Å²) in [7, 11) is 0. The monoisotopic (exact) mass is 264 g/mol. The van der Waals surface area contributed by atoms with E-state index in [-0.39, 0.29) is 11.7 Å². The summed E-state index contributed by atoms with van der Waals surface area (Å²) in [6.07, 6.45) is 2.67. The number of hydrogen-bond donors (Lipinski definition) is 0. The molecular weight excluding hydrogens is 248 g/mol. The van der Waals surface area contributed by atoms with Crippen LogP contribution in [-0.4, -0.2) is 12.4 Å². The first-order chi connectivity index (χ1) is 9.81. The molecular formula is C18H16O2. The van der Waals surface area contributed by atoms with Crippen LogP contribution in [0.5, 0.6) is 5.75 Å². The summed E-state index contributed by atoms with van der Waals surface area (Å²) in [5.41, 5.74) is 4.67.